The first-order valence-electron chi connectivity index (χ1n) is 7.30. The molecule has 24 heavy (non-hydrogen) atoms. The lowest BCUT2D eigenvalue weighted by atomic mass is 9.98. The first kappa shape index (κ1) is 15.7. The SMILES string of the molecule is SC(Cl)c1ccc2c(c1)C(c1ccccc1Cl)=NCc1nncn1-2. The summed E-state index contributed by atoms with van der Waals surface area (Å²) in [5.74, 6) is 0.777. The van der Waals surface area contributed by atoms with Gasteiger partial charge in [-0.15, -0.1) is 21.8 Å². The van der Waals surface area contributed by atoms with Gasteiger partial charge >= 0.3 is 0 Å². The Hall–Kier alpha value is -1.82. The fourth-order valence-corrected chi connectivity index (χ4v) is 3.31. The van der Waals surface area contributed by atoms with Crippen molar-refractivity contribution in [2.75, 3.05) is 0 Å². The number of aromatic nitrogens is 3. The van der Waals surface area contributed by atoms with Crippen LogP contribution < -0.4 is 0 Å². The number of aliphatic imine (C=N–C) groups is 1. The van der Waals surface area contributed by atoms with Gasteiger partial charge in [-0.05, 0) is 23.8 Å². The quantitative estimate of drug-likeness (QED) is 0.532. The zero-order chi connectivity index (χ0) is 16.7. The minimum atomic E-state index is -0.397. The Kier molecular flexibility index (Phi) is 4.08. The van der Waals surface area contributed by atoms with Gasteiger partial charge in [0.15, 0.2) is 5.82 Å². The van der Waals surface area contributed by atoms with Crippen LogP contribution in [0.5, 0.6) is 0 Å². The van der Waals surface area contributed by atoms with Crippen molar-refractivity contribution in [1.82, 2.24) is 14.8 Å². The highest BCUT2D eigenvalue weighted by Crippen LogP contribution is 2.32. The topological polar surface area (TPSA) is 43.1 Å². The Morgan fingerprint density at radius 2 is 1.96 bits per heavy atom. The van der Waals surface area contributed by atoms with Gasteiger partial charge in [-0.3, -0.25) is 9.56 Å². The molecule has 1 aliphatic rings. The summed E-state index contributed by atoms with van der Waals surface area (Å²) in [5, 5.41) is 8.80. The van der Waals surface area contributed by atoms with E-state index in [2.05, 4.69) is 22.8 Å². The minimum Gasteiger partial charge on any atom is -0.283 e. The minimum absolute atomic E-state index is 0.397. The molecule has 4 rings (SSSR count). The normalized spacial score (nSPS) is 14.4. The predicted molar refractivity (Wildman–Crippen MR) is 99.7 cm³/mol. The van der Waals surface area contributed by atoms with Crippen LogP contribution in [0.4, 0.5) is 0 Å². The number of nitrogens with zero attached hydrogens (tertiary/aromatic N) is 4. The molecule has 0 fully saturated rings. The third kappa shape index (κ3) is 2.62. The fourth-order valence-electron chi connectivity index (χ4n) is 2.79. The molecule has 120 valence electrons. The van der Waals surface area contributed by atoms with Crippen molar-refractivity contribution >= 4 is 41.5 Å². The van der Waals surface area contributed by atoms with E-state index in [0.717, 1.165) is 33.9 Å². The van der Waals surface area contributed by atoms with Crippen LogP contribution in [0.15, 0.2) is 53.8 Å². The Labute approximate surface area is 154 Å². The number of thiol groups is 1. The summed E-state index contributed by atoms with van der Waals surface area (Å²) in [4.78, 5) is 4.75. The van der Waals surface area contributed by atoms with Crippen molar-refractivity contribution in [2.45, 2.75) is 11.3 Å². The molecule has 1 atom stereocenters. The molecular formula is C17H12Cl2N4S. The van der Waals surface area contributed by atoms with Gasteiger partial charge in [-0.1, -0.05) is 35.9 Å². The van der Waals surface area contributed by atoms with Gasteiger partial charge in [0.25, 0.3) is 0 Å². The zero-order valence-corrected chi connectivity index (χ0v) is 14.8. The van der Waals surface area contributed by atoms with E-state index in [1.807, 2.05) is 47.0 Å². The van der Waals surface area contributed by atoms with Crippen molar-refractivity contribution in [1.29, 1.82) is 0 Å². The van der Waals surface area contributed by atoms with Gasteiger partial charge in [-0.2, -0.15) is 12.6 Å². The highest BCUT2D eigenvalue weighted by atomic mass is 35.5. The molecule has 7 heteroatoms. The maximum atomic E-state index is 6.41. The van der Waals surface area contributed by atoms with E-state index in [4.69, 9.17) is 28.2 Å². The number of rotatable bonds is 2. The summed E-state index contributed by atoms with van der Waals surface area (Å²) < 4.78 is 1.54. The van der Waals surface area contributed by atoms with Crippen LogP contribution >= 0.6 is 35.8 Å². The third-order valence-corrected chi connectivity index (χ3v) is 4.82. The summed E-state index contributed by atoms with van der Waals surface area (Å²) in [6.45, 7) is 0.426. The van der Waals surface area contributed by atoms with Gasteiger partial charge in [0.2, 0.25) is 0 Å². The molecule has 1 aliphatic heterocycles. The summed E-state index contributed by atoms with van der Waals surface area (Å²) >= 11 is 16.9. The Morgan fingerprint density at radius 3 is 2.75 bits per heavy atom. The standard InChI is InChI=1S/C17H12Cl2N4S/c18-13-4-2-1-3-11(13)16-12-7-10(17(19)24)5-6-14(12)23-9-21-22-15(23)8-20-16/h1-7,9,17,24H,8H2. The second-order valence-electron chi connectivity index (χ2n) is 5.37. The summed E-state index contributed by atoms with van der Waals surface area (Å²) in [6, 6.07) is 13.6. The molecule has 0 spiro atoms. The Balaban J connectivity index is 1.99. The molecule has 0 saturated carbocycles. The molecule has 3 aromatic rings. The molecule has 0 aliphatic carbocycles. The number of fused-ring (bicyclic) bond motifs is 3. The number of hydrogen-bond acceptors (Lipinski definition) is 4. The highest BCUT2D eigenvalue weighted by molar-refractivity contribution is 7.82. The summed E-state index contributed by atoms with van der Waals surface area (Å²) in [5.41, 5.74) is 4.46. The first-order valence-corrected chi connectivity index (χ1v) is 8.63. The van der Waals surface area contributed by atoms with Crippen molar-refractivity contribution in [2.24, 2.45) is 4.99 Å². The average Bonchev–Trinajstić information content (AvgIpc) is 2.99. The largest absolute Gasteiger partial charge is 0.283 e. The van der Waals surface area contributed by atoms with Crippen LogP contribution in [-0.2, 0) is 6.54 Å². The van der Waals surface area contributed by atoms with Gasteiger partial charge in [-0.25, -0.2) is 0 Å². The van der Waals surface area contributed by atoms with Crippen LogP contribution in [0.1, 0.15) is 27.2 Å². The van der Waals surface area contributed by atoms with E-state index in [-0.39, 0.29) is 0 Å². The van der Waals surface area contributed by atoms with E-state index in [9.17, 15) is 0 Å². The van der Waals surface area contributed by atoms with Crippen molar-refractivity contribution in [3.8, 4) is 5.69 Å². The zero-order valence-electron chi connectivity index (χ0n) is 12.4. The molecule has 0 N–H and O–H groups in total. The smallest absolute Gasteiger partial charge is 0.159 e. The Morgan fingerprint density at radius 1 is 1.12 bits per heavy atom. The number of hydrogen-bond donors (Lipinski definition) is 1. The van der Waals surface area contributed by atoms with E-state index < -0.39 is 4.71 Å². The molecule has 4 nitrogen and oxygen atoms in total. The van der Waals surface area contributed by atoms with Crippen molar-refractivity contribution < 1.29 is 0 Å². The molecule has 2 heterocycles. The van der Waals surface area contributed by atoms with Gasteiger partial charge in [0.1, 0.15) is 17.6 Å². The highest BCUT2D eigenvalue weighted by Gasteiger charge is 2.22. The van der Waals surface area contributed by atoms with E-state index in [1.165, 1.54) is 0 Å². The van der Waals surface area contributed by atoms with Crippen LogP contribution in [0.3, 0.4) is 0 Å². The molecule has 0 amide bonds. The number of halogens is 2. The molecule has 0 saturated heterocycles. The van der Waals surface area contributed by atoms with Crippen LogP contribution in [0, 0.1) is 0 Å². The Bertz CT molecular complexity index is 949. The van der Waals surface area contributed by atoms with E-state index in [1.54, 1.807) is 6.33 Å². The predicted octanol–water partition coefficient (Wildman–Crippen LogP) is 4.44. The maximum absolute atomic E-state index is 6.41. The van der Waals surface area contributed by atoms with E-state index >= 15 is 0 Å². The fraction of sp³-hybridized carbons (Fsp3) is 0.118. The lowest BCUT2D eigenvalue weighted by Crippen LogP contribution is -2.08. The second-order valence-corrected chi connectivity index (χ2v) is 7.04. The molecule has 0 radical (unpaired) electrons. The van der Waals surface area contributed by atoms with Crippen molar-refractivity contribution in [3.05, 3.63) is 76.3 Å². The molecule has 0 bridgehead atoms. The van der Waals surface area contributed by atoms with E-state index in [0.29, 0.717) is 11.6 Å². The summed E-state index contributed by atoms with van der Waals surface area (Å²) in [7, 11) is 0. The molecular weight excluding hydrogens is 363 g/mol. The van der Waals surface area contributed by atoms with Gasteiger partial charge < -0.3 is 0 Å². The summed E-state index contributed by atoms with van der Waals surface area (Å²) in [6.07, 6.45) is 1.69. The number of alkyl halides is 1. The molecule has 2 aromatic carbocycles. The second kappa shape index (κ2) is 6.24. The maximum Gasteiger partial charge on any atom is 0.159 e. The number of benzene rings is 2. The van der Waals surface area contributed by atoms with Crippen molar-refractivity contribution in [3.63, 3.8) is 0 Å². The van der Waals surface area contributed by atoms with Gasteiger partial charge in [0.05, 0.1) is 11.4 Å². The lowest BCUT2D eigenvalue weighted by molar-refractivity contribution is 0.870. The molecule has 1 unspecified atom stereocenters. The first-order chi connectivity index (χ1) is 11.6. The van der Waals surface area contributed by atoms with Gasteiger partial charge in [0, 0.05) is 16.1 Å². The third-order valence-electron chi connectivity index (χ3n) is 3.94. The lowest BCUT2D eigenvalue weighted by Gasteiger charge is -2.14. The van der Waals surface area contributed by atoms with Crippen LogP contribution in [-0.4, -0.2) is 20.5 Å². The average molecular weight is 375 g/mol. The van der Waals surface area contributed by atoms with Crippen LogP contribution in [0.2, 0.25) is 5.02 Å². The monoisotopic (exact) mass is 374 g/mol. The van der Waals surface area contributed by atoms with Crippen LogP contribution in [0.25, 0.3) is 5.69 Å². The molecule has 1 aromatic heterocycles.